The number of carbonyl (C=O) groups is 1. The number of hydrogen-bond donors (Lipinski definition) is 0. The van der Waals surface area contributed by atoms with Crippen molar-refractivity contribution in [3.8, 4) is 5.69 Å². The van der Waals surface area contributed by atoms with Crippen molar-refractivity contribution in [3.63, 3.8) is 0 Å². The van der Waals surface area contributed by atoms with Crippen molar-refractivity contribution in [1.82, 2.24) is 24.0 Å². The number of fused-ring (bicyclic) bond motifs is 3. The summed E-state index contributed by atoms with van der Waals surface area (Å²) in [7, 11) is 0. The number of para-hydroxylation sites is 3. The van der Waals surface area contributed by atoms with Gasteiger partial charge in [0.15, 0.2) is 5.78 Å². The molecule has 33 heavy (non-hydrogen) atoms. The zero-order chi connectivity index (χ0) is 23.1. The summed E-state index contributed by atoms with van der Waals surface area (Å²) in [6, 6.07) is 17.6. The monoisotopic (exact) mass is 455 g/mol. The molecule has 3 aromatic heterocycles. The molecule has 0 radical (unpaired) electrons. The SMILES string of the molecule is C=CCn1c2ccccc2n2nc(C)c(C(=O)C=Cc3c(C)nn(-c4ccccc4)c3Cl)c12. The molecule has 2 aromatic carbocycles. The number of ketones is 1. The zero-order valence-corrected chi connectivity index (χ0v) is 19.1. The highest BCUT2D eigenvalue weighted by atomic mass is 35.5. The van der Waals surface area contributed by atoms with E-state index in [0.29, 0.717) is 28.5 Å². The fourth-order valence-corrected chi connectivity index (χ4v) is 4.54. The quantitative estimate of drug-likeness (QED) is 0.184. The molecule has 5 rings (SSSR count). The Kier molecular flexibility index (Phi) is 5.23. The van der Waals surface area contributed by atoms with Crippen molar-refractivity contribution < 1.29 is 4.79 Å². The molecule has 0 amide bonds. The molecule has 0 unspecified atom stereocenters. The highest BCUT2D eigenvalue weighted by Gasteiger charge is 2.22. The third kappa shape index (κ3) is 3.39. The Hall–Kier alpha value is -3.90. The Morgan fingerprint density at radius 3 is 2.42 bits per heavy atom. The smallest absolute Gasteiger partial charge is 0.191 e. The molecule has 164 valence electrons. The van der Waals surface area contributed by atoms with Gasteiger partial charge in [0.05, 0.1) is 33.7 Å². The Balaban J connectivity index is 1.59. The van der Waals surface area contributed by atoms with E-state index in [0.717, 1.165) is 28.1 Å². The van der Waals surface area contributed by atoms with Gasteiger partial charge >= 0.3 is 0 Å². The van der Waals surface area contributed by atoms with E-state index >= 15 is 0 Å². The van der Waals surface area contributed by atoms with E-state index in [9.17, 15) is 4.79 Å². The predicted octanol–water partition coefficient (Wildman–Crippen LogP) is 5.83. The molecule has 6 nitrogen and oxygen atoms in total. The third-order valence-corrected chi connectivity index (χ3v) is 6.06. The summed E-state index contributed by atoms with van der Waals surface area (Å²) in [4.78, 5) is 13.4. The molecular weight excluding hydrogens is 434 g/mol. The van der Waals surface area contributed by atoms with Crippen LogP contribution in [0.5, 0.6) is 0 Å². The summed E-state index contributed by atoms with van der Waals surface area (Å²) in [6.45, 7) is 8.18. The van der Waals surface area contributed by atoms with Crippen LogP contribution in [0.4, 0.5) is 0 Å². The normalized spacial score (nSPS) is 11.7. The standard InChI is InChI=1S/C26H22ClN5O/c1-4-16-30-21-12-8-9-13-22(21)32-26(30)24(18(3)29-32)23(33)15-14-20-17(2)28-31(25(20)27)19-10-6-5-7-11-19/h4-15H,1,16H2,2-3H3. The molecule has 3 heterocycles. The van der Waals surface area contributed by atoms with Gasteiger partial charge in [-0.2, -0.15) is 10.2 Å². The summed E-state index contributed by atoms with van der Waals surface area (Å²) in [6.07, 6.45) is 5.10. The van der Waals surface area contributed by atoms with Crippen molar-refractivity contribution >= 4 is 40.1 Å². The van der Waals surface area contributed by atoms with Crippen molar-refractivity contribution in [2.75, 3.05) is 0 Å². The molecule has 0 spiro atoms. The number of aromatic nitrogens is 5. The molecular formula is C26H22ClN5O. The number of aryl methyl sites for hydroxylation is 2. The highest BCUT2D eigenvalue weighted by molar-refractivity contribution is 6.31. The Morgan fingerprint density at radius 1 is 1.00 bits per heavy atom. The summed E-state index contributed by atoms with van der Waals surface area (Å²) < 4.78 is 5.57. The Bertz CT molecular complexity index is 1550. The van der Waals surface area contributed by atoms with Crippen LogP contribution in [0.2, 0.25) is 5.15 Å². The van der Waals surface area contributed by atoms with E-state index in [1.165, 1.54) is 0 Å². The van der Waals surface area contributed by atoms with E-state index in [-0.39, 0.29) is 5.78 Å². The molecule has 0 N–H and O–H groups in total. The number of imidazole rings is 1. The summed E-state index contributed by atoms with van der Waals surface area (Å²) in [5.74, 6) is -0.140. The van der Waals surface area contributed by atoms with Gasteiger partial charge in [0.25, 0.3) is 0 Å². The van der Waals surface area contributed by atoms with Gasteiger partial charge in [-0.25, -0.2) is 9.20 Å². The van der Waals surface area contributed by atoms with Gasteiger partial charge in [0.1, 0.15) is 10.8 Å². The predicted molar refractivity (Wildman–Crippen MR) is 132 cm³/mol. The minimum absolute atomic E-state index is 0.140. The van der Waals surface area contributed by atoms with E-state index in [1.807, 2.05) is 79.0 Å². The number of carbonyl (C=O) groups excluding carboxylic acids is 1. The molecule has 5 aromatic rings. The van der Waals surface area contributed by atoms with Crippen LogP contribution in [-0.2, 0) is 6.54 Å². The van der Waals surface area contributed by atoms with E-state index in [2.05, 4.69) is 21.3 Å². The lowest BCUT2D eigenvalue weighted by molar-refractivity contribution is 0.104. The van der Waals surface area contributed by atoms with Crippen molar-refractivity contribution in [2.45, 2.75) is 20.4 Å². The molecule has 0 aliphatic rings. The summed E-state index contributed by atoms with van der Waals surface area (Å²) >= 11 is 6.62. The van der Waals surface area contributed by atoms with Crippen LogP contribution in [0.1, 0.15) is 27.3 Å². The van der Waals surface area contributed by atoms with Crippen LogP contribution < -0.4 is 0 Å². The fraction of sp³-hybridized carbons (Fsp3) is 0.115. The van der Waals surface area contributed by atoms with E-state index in [4.69, 9.17) is 11.6 Å². The average molecular weight is 456 g/mol. The molecule has 0 saturated heterocycles. The van der Waals surface area contributed by atoms with Crippen LogP contribution in [-0.4, -0.2) is 29.7 Å². The van der Waals surface area contributed by atoms with Crippen molar-refractivity contribution in [3.05, 3.63) is 101 Å². The van der Waals surface area contributed by atoms with Gasteiger partial charge < -0.3 is 4.57 Å². The third-order valence-electron chi connectivity index (χ3n) is 5.70. The van der Waals surface area contributed by atoms with Crippen LogP contribution in [0, 0.1) is 13.8 Å². The minimum Gasteiger partial charge on any atom is -0.320 e. The van der Waals surface area contributed by atoms with Gasteiger partial charge in [-0.1, -0.05) is 48.0 Å². The molecule has 0 atom stereocenters. The second-order valence-corrected chi connectivity index (χ2v) is 8.18. The maximum absolute atomic E-state index is 13.4. The second-order valence-electron chi connectivity index (χ2n) is 7.82. The topological polar surface area (TPSA) is 57.1 Å². The van der Waals surface area contributed by atoms with Crippen LogP contribution >= 0.6 is 11.6 Å². The second kappa shape index (κ2) is 8.22. The van der Waals surface area contributed by atoms with E-state index in [1.54, 1.807) is 16.8 Å². The van der Waals surface area contributed by atoms with Gasteiger partial charge in [-0.05, 0) is 50.3 Å². The lowest BCUT2D eigenvalue weighted by atomic mass is 10.1. The fourth-order valence-electron chi connectivity index (χ4n) is 4.20. The minimum atomic E-state index is -0.140. The molecule has 7 heteroatoms. The first-order chi connectivity index (χ1) is 16.0. The molecule has 0 saturated carbocycles. The lowest BCUT2D eigenvalue weighted by Crippen LogP contribution is -2.02. The lowest BCUT2D eigenvalue weighted by Gasteiger charge is -2.03. The molecule has 0 aliphatic heterocycles. The maximum atomic E-state index is 13.4. The number of allylic oxidation sites excluding steroid dienone is 2. The van der Waals surface area contributed by atoms with Crippen LogP contribution in [0.25, 0.3) is 28.4 Å². The first-order valence-electron chi connectivity index (χ1n) is 10.6. The average Bonchev–Trinajstić information content (AvgIpc) is 3.42. The number of rotatable bonds is 6. The molecule has 0 bridgehead atoms. The van der Waals surface area contributed by atoms with Crippen LogP contribution in [0.15, 0.2) is 73.3 Å². The van der Waals surface area contributed by atoms with E-state index < -0.39 is 0 Å². The summed E-state index contributed by atoms with van der Waals surface area (Å²) in [5, 5.41) is 9.67. The molecule has 0 fully saturated rings. The number of hydrogen-bond acceptors (Lipinski definition) is 3. The first-order valence-corrected chi connectivity index (χ1v) is 11.0. The summed E-state index contributed by atoms with van der Waals surface area (Å²) in [5.41, 5.74) is 6.25. The van der Waals surface area contributed by atoms with Crippen molar-refractivity contribution in [2.24, 2.45) is 0 Å². The first kappa shape index (κ1) is 21.0. The molecule has 0 aliphatic carbocycles. The Morgan fingerprint density at radius 2 is 1.70 bits per heavy atom. The number of nitrogens with zero attached hydrogens (tertiary/aromatic N) is 5. The largest absolute Gasteiger partial charge is 0.320 e. The van der Waals surface area contributed by atoms with Crippen LogP contribution in [0.3, 0.4) is 0 Å². The van der Waals surface area contributed by atoms with Crippen molar-refractivity contribution in [1.29, 1.82) is 0 Å². The van der Waals surface area contributed by atoms with Gasteiger partial charge in [-0.15, -0.1) is 6.58 Å². The Labute approximate surface area is 196 Å². The van der Waals surface area contributed by atoms with Gasteiger partial charge in [0.2, 0.25) is 0 Å². The number of halogens is 1. The highest BCUT2D eigenvalue weighted by Crippen LogP contribution is 2.28. The zero-order valence-electron chi connectivity index (χ0n) is 18.4. The maximum Gasteiger partial charge on any atom is 0.191 e. The number of benzene rings is 2. The van der Waals surface area contributed by atoms with Gasteiger partial charge in [0, 0.05) is 12.1 Å². The van der Waals surface area contributed by atoms with Gasteiger partial charge in [-0.3, -0.25) is 4.79 Å².